The summed E-state index contributed by atoms with van der Waals surface area (Å²) < 4.78 is 27.9. The third-order valence-corrected chi connectivity index (χ3v) is 4.58. The fourth-order valence-electron chi connectivity index (χ4n) is 2.91. The lowest BCUT2D eigenvalue weighted by Gasteiger charge is -2.45. The maximum absolute atomic E-state index is 13.9. The lowest BCUT2D eigenvalue weighted by molar-refractivity contribution is -0.117. The monoisotopic (exact) mass is 311 g/mol. The molecule has 0 radical (unpaired) electrons. The molecule has 0 aromatic heterocycles. The third-order valence-electron chi connectivity index (χ3n) is 4.58. The molecule has 5 heteroatoms. The second kappa shape index (κ2) is 6.32. The van der Waals surface area contributed by atoms with Gasteiger partial charge in [0, 0.05) is 43.0 Å². The van der Waals surface area contributed by atoms with Gasteiger partial charge in [-0.2, -0.15) is 0 Å². The molecule has 2 rings (SSSR count). The summed E-state index contributed by atoms with van der Waals surface area (Å²) in [5.74, 6) is -2.90. The SMILES string of the molecule is CC1(C)CN(c2cccc(C(CO)CC=O)c2)CCC1(F)F. The number of hydrogen-bond acceptors (Lipinski definition) is 3. The number of alkyl halides is 2. The van der Waals surface area contributed by atoms with Gasteiger partial charge in [-0.25, -0.2) is 8.78 Å². The van der Waals surface area contributed by atoms with Crippen molar-refractivity contribution in [3.8, 4) is 0 Å². The summed E-state index contributed by atoms with van der Waals surface area (Å²) in [4.78, 5) is 12.6. The molecule has 0 saturated carbocycles. The van der Waals surface area contributed by atoms with Crippen LogP contribution < -0.4 is 4.90 Å². The molecule has 1 aromatic rings. The molecule has 0 spiro atoms. The van der Waals surface area contributed by atoms with E-state index in [1.807, 2.05) is 29.2 Å². The van der Waals surface area contributed by atoms with Gasteiger partial charge in [0.25, 0.3) is 5.92 Å². The molecule has 1 aromatic carbocycles. The summed E-state index contributed by atoms with van der Waals surface area (Å²) in [5, 5.41) is 9.39. The average Bonchev–Trinajstić information content (AvgIpc) is 2.48. The molecule has 1 unspecified atom stereocenters. The molecule has 0 aliphatic carbocycles. The number of piperidine rings is 1. The van der Waals surface area contributed by atoms with Crippen LogP contribution in [0.25, 0.3) is 0 Å². The number of hydrogen-bond donors (Lipinski definition) is 1. The van der Waals surface area contributed by atoms with Gasteiger partial charge >= 0.3 is 0 Å². The second-order valence-electron chi connectivity index (χ2n) is 6.64. The van der Waals surface area contributed by atoms with Gasteiger partial charge in [0.2, 0.25) is 0 Å². The highest BCUT2D eigenvalue weighted by Crippen LogP contribution is 2.44. The van der Waals surface area contributed by atoms with Gasteiger partial charge in [-0.05, 0) is 17.7 Å². The summed E-state index contributed by atoms with van der Waals surface area (Å²) in [5.41, 5.74) is 0.646. The van der Waals surface area contributed by atoms with E-state index in [0.29, 0.717) is 6.54 Å². The fourth-order valence-corrected chi connectivity index (χ4v) is 2.91. The van der Waals surface area contributed by atoms with Crippen LogP contribution in [-0.2, 0) is 4.79 Å². The van der Waals surface area contributed by atoms with Gasteiger partial charge in [-0.3, -0.25) is 0 Å². The lowest BCUT2D eigenvalue weighted by Crippen LogP contribution is -2.52. The molecule has 1 saturated heterocycles. The van der Waals surface area contributed by atoms with Crippen molar-refractivity contribution in [3.05, 3.63) is 29.8 Å². The maximum Gasteiger partial charge on any atom is 0.256 e. The van der Waals surface area contributed by atoms with Gasteiger partial charge in [0.1, 0.15) is 6.29 Å². The highest BCUT2D eigenvalue weighted by molar-refractivity contribution is 5.54. The van der Waals surface area contributed by atoms with E-state index < -0.39 is 11.3 Å². The Bertz CT molecular complexity index is 531. The smallest absolute Gasteiger partial charge is 0.256 e. The molecule has 1 fully saturated rings. The lowest BCUT2D eigenvalue weighted by atomic mass is 9.80. The van der Waals surface area contributed by atoms with Crippen LogP contribution in [0.5, 0.6) is 0 Å². The zero-order valence-electron chi connectivity index (χ0n) is 13.1. The normalized spacial score (nSPS) is 21.4. The summed E-state index contributed by atoms with van der Waals surface area (Å²) in [6.07, 6.45) is 0.879. The van der Waals surface area contributed by atoms with E-state index in [2.05, 4.69) is 0 Å². The first-order valence-corrected chi connectivity index (χ1v) is 7.58. The maximum atomic E-state index is 13.9. The van der Waals surface area contributed by atoms with Crippen molar-refractivity contribution in [3.63, 3.8) is 0 Å². The summed E-state index contributed by atoms with van der Waals surface area (Å²) in [6, 6.07) is 7.48. The number of halogens is 2. The molecule has 3 nitrogen and oxygen atoms in total. The number of nitrogens with zero attached hydrogens (tertiary/aromatic N) is 1. The first-order chi connectivity index (χ1) is 10.3. The van der Waals surface area contributed by atoms with Gasteiger partial charge < -0.3 is 14.8 Å². The molecule has 1 atom stereocenters. The number of carbonyl (C=O) groups is 1. The predicted molar refractivity (Wildman–Crippen MR) is 82.5 cm³/mol. The van der Waals surface area contributed by atoms with Crippen LogP contribution in [0.1, 0.15) is 38.2 Å². The van der Waals surface area contributed by atoms with Crippen molar-refractivity contribution < 1.29 is 18.7 Å². The minimum absolute atomic E-state index is 0.105. The van der Waals surface area contributed by atoms with Gasteiger partial charge in [-0.1, -0.05) is 26.0 Å². The van der Waals surface area contributed by atoms with Gasteiger partial charge in [0.05, 0.1) is 6.61 Å². The highest BCUT2D eigenvalue weighted by Gasteiger charge is 2.50. The van der Waals surface area contributed by atoms with E-state index in [-0.39, 0.29) is 31.9 Å². The Hall–Kier alpha value is -1.49. The Morgan fingerprint density at radius 2 is 2.14 bits per heavy atom. The molecule has 0 amide bonds. The molecule has 1 heterocycles. The van der Waals surface area contributed by atoms with E-state index in [0.717, 1.165) is 17.5 Å². The Kier molecular flexibility index (Phi) is 4.85. The molecule has 122 valence electrons. The first kappa shape index (κ1) is 16.9. The molecular weight excluding hydrogens is 288 g/mol. The number of anilines is 1. The van der Waals surface area contributed by atoms with Crippen LogP contribution in [-0.4, -0.2) is 37.0 Å². The topological polar surface area (TPSA) is 40.5 Å². The van der Waals surface area contributed by atoms with E-state index in [9.17, 15) is 18.7 Å². The molecule has 22 heavy (non-hydrogen) atoms. The van der Waals surface area contributed by atoms with Crippen molar-refractivity contribution >= 4 is 12.0 Å². The van der Waals surface area contributed by atoms with E-state index in [1.54, 1.807) is 13.8 Å². The number of rotatable bonds is 5. The Labute approximate surface area is 129 Å². The summed E-state index contributed by atoms with van der Waals surface area (Å²) in [6.45, 7) is 3.65. The molecule has 1 aliphatic rings. The largest absolute Gasteiger partial charge is 0.396 e. The number of carbonyl (C=O) groups excluding carboxylic acids is 1. The van der Waals surface area contributed by atoms with Crippen LogP contribution in [0.4, 0.5) is 14.5 Å². The van der Waals surface area contributed by atoms with Crippen molar-refractivity contribution in [2.24, 2.45) is 5.41 Å². The van der Waals surface area contributed by atoms with Crippen LogP contribution in [0.15, 0.2) is 24.3 Å². The summed E-state index contributed by atoms with van der Waals surface area (Å²) >= 11 is 0. The van der Waals surface area contributed by atoms with Crippen molar-refractivity contribution in [1.29, 1.82) is 0 Å². The summed E-state index contributed by atoms with van der Waals surface area (Å²) in [7, 11) is 0. The Balaban J connectivity index is 2.22. The number of benzene rings is 1. The zero-order valence-corrected chi connectivity index (χ0v) is 13.1. The standard InChI is InChI=1S/C17H23F2NO2/c1-16(2)12-20(8-7-17(16,18)19)15-5-3-4-13(10-15)14(11-22)6-9-21/h3-5,9-10,14,22H,6-8,11-12H2,1-2H3. The van der Waals surface area contributed by atoms with Crippen LogP contribution in [0, 0.1) is 5.41 Å². The first-order valence-electron chi connectivity index (χ1n) is 7.58. The fraction of sp³-hybridized carbons (Fsp3) is 0.588. The number of aldehydes is 1. The molecular formula is C17H23F2NO2. The van der Waals surface area contributed by atoms with E-state index in [1.165, 1.54) is 0 Å². The van der Waals surface area contributed by atoms with Crippen molar-refractivity contribution in [2.45, 2.75) is 38.5 Å². The molecule has 1 aliphatic heterocycles. The third kappa shape index (κ3) is 3.29. The minimum atomic E-state index is -2.66. The number of aliphatic hydroxyl groups is 1. The minimum Gasteiger partial charge on any atom is -0.396 e. The highest BCUT2D eigenvalue weighted by atomic mass is 19.3. The Morgan fingerprint density at radius 1 is 1.41 bits per heavy atom. The number of aliphatic hydroxyl groups excluding tert-OH is 1. The van der Waals surface area contributed by atoms with E-state index in [4.69, 9.17) is 0 Å². The molecule has 1 N–H and O–H groups in total. The van der Waals surface area contributed by atoms with Crippen molar-refractivity contribution in [2.75, 3.05) is 24.6 Å². The predicted octanol–water partition coefficient (Wildman–Crippen LogP) is 3.22. The quantitative estimate of drug-likeness (QED) is 0.849. The van der Waals surface area contributed by atoms with Crippen LogP contribution >= 0.6 is 0 Å². The van der Waals surface area contributed by atoms with Crippen LogP contribution in [0.3, 0.4) is 0 Å². The Morgan fingerprint density at radius 3 is 2.73 bits per heavy atom. The second-order valence-corrected chi connectivity index (χ2v) is 6.64. The van der Waals surface area contributed by atoms with Crippen LogP contribution in [0.2, 0.25) is 0 Å². The van der Waals surface area contributed by atoms with E-state index >= 15 is 0 Å². The van der Waals surface area contributed by atoms with Gasteiger partial charge in [0.15, 0.2) is 0 Å². The van der Waals surface area contributed by atoms with Crippen molar-refractivity contribution in [1.82, 2.24) is 0 Å². The average molecular weight is 311 g/mol. The molecule has 0 bridgehead atoms. The zero-order chi connectivity index (χ0) is 16.4. The van der Waals surface area contributed by atoms with Gasteiger partial charge in [-0.15, -0.1) is 0 Å².